The quantitative estimate of drug-likeness (QED) is 0.605. The van der Waals surface area contributed by atoms with E-state index in [0.717, 1.165) is 41.8 Å². The van der Waals surface area contributed by atoms with Crippen LogP contribution in [0.15, 0.2) is 12.1 Å². The van der Waals surface area contributed by atoms with E-state index in [2.05, 4.69) is 14.5 Å². The number of imidazole rings is 1. The van der Waals surface area contributed by atoms with Crippen molar-refractivity contribution in [2.75, 3.05) is 13.2 Å². The van der Waals surface area contributed by atoms with E-state index in [1.54, 1.807) is 0 Å². The molecule has 2 heterocycles. The third kappa shape index (κ3) is 2.96. The maximum absolute atomic E-state index is 6.24. The van der Waals surface area contributed by atoms with E-state index in [9.17, 15) is 0 Å². The van der Waals surface area contributed by atoms with Crippen LogP contribution in [0, 0.1) is 12.8 Å². The molecule has 1 aliphatic carbocycles. The molecular weight excluding hydrogens is 274 g/mol. The lowest BCUT2D eigenvalue weighted by Crippen LogP contribution is -2.11. The van der Waals surface area contributed by atoms with Gasteiger partial charge in [-0.1, -0.05) is 0 Å². The molecule has 0 saturated heterocycles. The van der Waals surface area contributed by atoms with E-state index in [1.807, 2.05) is 26.0 Å². The molecule has 5 heteroatoms. The van der Waals surface area contributed by atoms with Crippen LogP contribution >= 0.6 is 11.6 Å². The first-order valence-electron chi connectivity index (χ1n) is 7.20. The van der Waals surface area contributed by atoms with Gasteiger partial charge in [-0.2, -0.15) is 0 Å². The molecule has 1 atom stereocenters. The number of hydrogen-bond acceptors (Lipinski definition) is 3. The van der Waals surface area contributed by atoms with Crippen LogP contribution in [0.5, 0.6) is 0 Å². The minimum absolute atomic E-state index is 0.132. The normalized spacial score (nSPS) is 16.8. The molecule has 0 radical (unpaired) electrons. The Morgan fingerprint density at radius 3 is 2.90 bits per heavy atom. The number of alkyl halides is 1. The molecule has 2 aromatic heterocycles. The highest BCUT2D eigenvalue weighted by Gasteiger charge is 2.21. The molecule has 4 nitrogen and oxygen atoms in total. The number of aromatic nitrogens is 3. The second-order valence-corrected chi connectivity index (χ2v) is 6.21. The summed E-state index contributed by atoms with van der Waals surface area (Å²) in [6, 6.07) is 3.98. The molecule has 0 N–H and O–H groups in total. The molecule has 1 saturated carbocycles. The predicted molar refractivity (Wildman–Crippen MR) is 80.1 cm³/mol. The van der Waals surface area contributed by atoms with Crippen molar-refractivity contribution in [3.63, 3.8) is 0 Å². The van der Waals surface area contributed by atoms with Gasteiger partial charge in [-0.05, 0) is 44.7 Å². The minimum Gasteiger partial charge on any atom is -0.379 e. The topological polar surface area (TPSA) is 39.9 Å². The molecule has 3 rings (SSSR count). The third-order valence-corrected chi connectivity index (χ3v) is 3.82. The van der Waals surface area contributed by atoms with Crippen LogP contribution in [0.25, 0.3) is 11.2 Å². The van der Waals surface area contributed by atoms with Crippen molar-refractivity contribution in [3.05, 3.63) is 23.7 Å². The van der Waals surface area contributed by atoms with Crippen molar-refractivity contribution in [2.45, 2.75) is 38.6 Å². The Morgan fingerprint density at radius 1 is 1.40 bits per heavy atom. The summed E-state index contributed by atoms with van der Waals surface area (Å²) in [6.07, 6.45) is 2.64. The molecule has 2 aromatic rings. The Bertz CT molecular complexity index is 604. The van der Waals surface area contributed by atoms with Crippen LogP contribution in [0.4, 0.5) is 0 Å². The number of rotatable bonds is 6. The smallest absolute Gasteiger partial charge is 0.160 e. The SMILES string of the molecule is Cc1ccc2nc(C(C)Cl)n(CCOCC3CC3)c2n1. The van der Waals surface area contributed by atoms with Gasteiger partial charge in [-0.15, -0.1) is 11.6 Å². The molecule has 0 aliphatic heterocycles. The van der Waals surface area contributed by atoms with Gasteiger partial charge in [-0.3, -0.25) is 0 Å². The number of ether oxygens (including phenoxy) is 1. The van der Waals surface area contributed by atoms with Crippen molar-refractivity contribution in [2.24, 2.45) is 5.92 Å². The van der Waals surface area contributed by atoms with Gasteiger partial charge in [0.15, 0.2) is 5.65 Å². The number of aryl methyl sites for hydroxylation is 1. The summed E-state index contributed by atoms with van der Waals surface area (Å²) in [5, 5.41) is -0.132. The second kappa shape index (κ2) is 5.70. The average molecular weight is 294 g/mol. The summed E-state index contributed by atoms with van der Waals surface area (Å²) in [5.41, 5.74) is 2.80. The summed E-state index contributed by atoms with van der Waals surface area (Å²) in [5.74, 6) is 1.66. The summed E-state index contributed by atoms with van der Waals surface area (Å²) >= 11 is 6.24. The number of nitrogens with zero attached hydrogens (tertiary/aromatic N) is 3. The van der Waals surface area contributed by atoms with Gasteiger partial charge in [0, 0.05) is 18.8 Å². The van der Waals surface area contributed by atoms with Gasteiger partial charge in [-0.25, -0.2) is 9.97 Å². The van der Waals surface area contributed by atoms with Crippen LogP contribution in [-0.4, -0.2) is 27.7 Å². The Balaban J connectivity index is 1.81. The van der Waals surface area contributed by atoms with E-state index >= 15 is 0 Å². The zero-order valence-corrected chi connectivity index (χ0v) is 12.7. The molecule has 1 aliphatic rings. The van der Waals surface area contributed by atoms with Crippen molar-refractivity contribution in [1.82, 2.24) is 14.5 Å². The van der Waals surface area contributed by atoms with Crippen molar-refractivity contribution >= 4 is 22.8 Å². The molecular formula is C15H20ClN3O. The Hall–Kier alpha value is -1.13. The van der Waals surface area contributed by atoms with E-state index in [-0.39, 0.29) is 5.38 Å². The monoisotopic (exact) mass is 293 g/mol. The Morgan fingerprint density at radius 2 is 2.20 bits per heavy atom. The fraction of sp³-hybridized carbons (Fsp3) is 0.600. The summed E-state index contributed by atoms with van der Waals surface area (Å²) in [4.78, 5) is 9.18. The van der Waals surface area contributed by atoms with Crippen LogP contribution in [0.1, 0.15) is 36.7 Å². The fourth-order valence-electron chi connectivity index (χ4n) is 2.33. The van der Waals surface area contributed by atoms with Crippen molar-refractivity contribution < 1.29 is 4.74 Å². The predicted octanol–water partition coefficient (Wildman–Crippen LogP) is 3.47. The average Bonchev–Trinajstić information content (AvgIpc) is 3.16. The number of hydrogen-bond donors (Lipinski definition) is 0. The van der Waals surface area contributed by atoms with Gasteiger partial charge < -0.3 is 9.30 Å². The highest BCUT2D eigenvalue weighted by Crippen LogP contribution is 2.29. The second-order valence-electron chi connectivity index (χ2n) is 5.55. The molecule has 0 bridgehead atoms. The van der Waals surface area contributed by atoms with Crippen LogP contribution in [0.3, 0.4) is 0 Å². The number of halogens is 1. The van der Waals surface area contributed by atoms with Crippen LogP contribution in [-0.2, 0) is 11.3 Å². The van der Waals surface area contributed by atoms with Crippen LogP contribution in [0.2, 0.25) is 0 Å². The van der Waals surface area contributed by atoms with Gasteiger partial charge in [0.2, 0.25) is 0 Å². The number of pyridine rings is 1. The van der Waals surface area contributed by atoms with E-state index in [4.69, 9.17) is 16.3 Å². The van der Waals surface area contributed by atoms with Crippen molar-refractivity contribution in [1.29, 1.82) is 0 Å². The molecule has 20 heavy (non-hydrogen) atoms. The Labute approximate surface area is 124 Å². The third-order valence-electron chi connectivity index (χ3n) is 3.63. The molecule has 0 spiro atoms. The van der Waals surface area contributed by atoms with Crippen molar-refractivity contribution in [3.8, 4) is 0 Å². The zero-order valence-electron chi connectivity index (χ0n) is 12.0. The molecule has 108 valence electrons. The van der Waals surface area contributed by atoms with E-state index < -0.39 is 0 Å². The fourth-order valence-corrected chi connectivity index (χ4v) is 2.49. The summed E-state index contributed by atoms with van der Waals surface area (Å²) < 4.78 is 7.82. The van der Waals surface area contributed by atoms with Gasteiger partial charge >= 0.3 is 0 Å². The standard InChI is InChI=1S/C15H20ClN3O/c1-10-3-6-13-15(17-10)19(14(18-13)11(2)16)7-8-20-9-12-4-5-12/h3,6,11-12H,4-5,7-9H2,1-2H3. The first-order chi connectivity index (χ1) is 9.65. The lowest BCUT2D eigenvalue weighted by molar-refractivity contribution is 0.117. The van der Waals surface area contributed by atoms with Gasteiger partial charge in [0.1, 0.15) is 11.3 Å². The number of fused-ring (bicyclic) bond motifs is 1. The molecule has 0 amide bonds. The van der Waals surface area contributed by atoms with E-state index in [0.29, 0.717) is 6.61 Å². The summed E-state index contributed by atoms with van der Waals surface area (Å²) in [6.45, 7) is 6.26. The van der Waals surface area contributed by atoms with Gasteiger partial charge in [0.05, 0.1) is 12.0 Å². The zero-order chi connectivity index (χ0) is 14.1. The minimum atomic E-state index is -0.132. The summed E-state index contributed by atoms with van der Waals surface area (Å²) in [7, 11) is 0. The Kier molecular flexibility index (Phi) is 3.94. The maximum Gasteiger partial charge on any atom is 0.160 e. The largest absolute Gasteiger partial charge is 0.379 e. The maximum atomic E-state index is 6.24. The first kappa shape index (κ1) is 13.8. The lowest BCUT2D eigenvalue weighted by atomic mass is 10.3. The molecule has 1 fully saturated rings. The van der Waals surface area contributed by atoms with E-state index in [1.165, 1.54) is 12.8 Å². The van der Waals surface area contributed by atoms with Gasteiger partial charge in [0.25, 0.3) is 0 Å². The highest BCUT2D eigenvalue weighted by molar-refractivity contribution is 6.20. The van der Waals surface area contributed by atoms with Crippen LogP contribution < -0.4 is 0 Å². The molecule has 0 aromatic carbocycles. The first-order valence-corrected chi connectivity index (χ1v) is 7.64. The molecule has 1 unspecified atom stereocenters. The highest BCUT2D eigenvalue weighted by atomic mass is 35.5. The lowest BCUT2D eigenvalue weighted by Gasteiger charge is -2.10.